The minimum atomic E-state index is -0.481. The second kappa shape index (κ2) is 15.3. The Labute approximate surface area is 176 Å². The smallest absolute Gasteiger partial charge is 0.410 e. The van der Waals surface area contributed by atoms with E-state index in [-0.39, 0.29) is 30.1 Å². The summed E-state index contributed by atoms with van der Waals surface area (Å²) in [7, 11) is 7.26. The predicted octanol–water partition coefficient (Wildman–Crippen LogP) is 1.60. The molecule has 9 heteroatoms. The Morgan fingerprint density at radius 1 is 1.08 bits per heavy atom. The molecule has 0 saturated carbocycles. The van der Waals surface area contributed by atoms with Crippen molar-refractivity contribution in [3.05, 3.63) is 0 Å². The summed E-state index contributed by atoms with van der Waals surface area (Å²) >= 11 is 0. The first kappa shape index (κ1) is 27.4. The van der Waals surface area contributed by atoms with E-state index in [2.05, 4.69) is 27.6 Å². The van der Waals surface area contributed by atoms with Crippen LogP contribution in [0.5, 0.6) is 0 Å². The van der Waals surface area contributed by atoms with Gasteiger partial charge in [-0.2, -0.15) is 0 Å². The molecule has 0 aromatic heterocycles. The molecular formula is C17H38IN5O3. The van der Waals surface area contributed by atoms with Crippen LogP contribution in [-0.4, -0.2) is 95.0 Å². The normalized spacial score (nSPS) is 11.8. The molecule has 0 spiro atoms. The van der Waals surface area contributed by atoms with Gasteiger partial charge in [-0.15, -0.1) is 24.0 Å². The van der Waals surface area contributed by atoms with E-state index in [0.29, 0.717) is 13.1 Å². The average molecular weight is 487 g/mol. The molecular weight excluding hydrogens is 449 g/mol. The fourth-order valence-corrected chi connectivity index (χ4v) is 1.95. The van der Waals surface area contributed by atoms with Crippen LogP contribution >= 0.6 is 24.0 Å². The second-order valence-electron chi connectivity index (χ2n) is 6.98. The fraction of sp³-hybridized carbons (Fsp3) is 0.882. The summed E-state index contributed by atoms with van der Waals surface area (Å²) in [4.78, 5) is 19.9. The van der Waals surface area contributed by atoms with Crippen LogP contribution in [0.2, 0.25) is 0 Å². The van der Waals surface area contributed by atoms with Gasteiger partial charge < -0.3 is 29.9 Å². The highest BCUT2D eigenvalue weighted by atomic mass is 127. The highest BCUT2D eigenvalue weighted by Gasteiger charge is 2.19. The van der Waals surface area contributed by atoms with Crippen molar-refractivity contribution in [2.24, 2.45) is 4.99 Å². The van der Waals surface area contributed by atoms with Gasteiger partial charge in [0.05, 0.1) is 0 Å². The zero-order valence-electron chi connectivity index (χ0n) is 17.4. The third-order valence-electron chi connectivity index (χ3n) is 3.34. The molecule has 0 radical (unpaired) electrons. The van der Waals surface area contributed by atoms with Gasteiger partial charge in [-0.05, 0) is 34.2 Å². The monoisotopic (exact) mass is 487 g/mol. The van der Waals surface area contributed by atoms with Crippen molar-refractivity contribution >= 4 is 36.0 Å². The lowest BCUT2D eigenvalue weighted by Gasteiger charge is -2.25. The van der Waals surface area contributed by atoms with Crippen molar-refractivity contribution < 1.29 is 14.3 Å². The van der Waals surface area contributed by atoms with E-state index in [1.807, 2.05) is 20.8 Å². The molecule has 1 amide bonds. The molecule has 0 aromatic rings. The van der Waals surface area contributed by atoms with Gasteiger partial charge in [0.25, 0.3) is 0 Å². The zero-order valence-corrected chi connectivity index (χ0v) is 19.8. The molecule has 0 aliphatic carbocycles. The zero-order chi connectivity index (χ0) is 19.3. The number of carbonyl (C=O) groups is 1. The molecule has 0 unspecified atom stereocenters. The van der Waals surface area contributed by atoms with Crippen LogP contribution in [0, 0.1) is 0 Å². The number of nitrogens with one attached hydrogen (secondary N) is 2. The molecule has 0 aliphatic heterocycles. The van der Waals surface area contributed by atoms with Gasteiger partial charge in [0.1, 0.15) is 5.60 Å². The first-order valence-electron chi connectivity index (χ1n) is 8.75. The lowest BCUT2D eigenvalue weighted by Crippen LogP contribution is -2.44. The number of guanidine groups is 1. The third-order valence-corrected chi connectivity index (χ3v) is 3.34. The summed E-state index contributed by atoms with van der Waals surface area (Å²) in [6, 6.07) is 0. The number of methoxy groups -OCH3 is 1. The number of hydrogen-bond acceptors (Lipinski definition) is 5. The van der Waals surface area contributed by atoms with E-state index < -0.39 is 5.60 Å². The number of aliphatic imine (C=N–C) groups is 1. The molecule has 0 heterocycles. The van der Waals surface area contributed by atoms with Gasteiger partial charge in [0.15, 0.2) is 5.96 Å². The van der Waals surface area contributed by atoms with Crippen molar-refractivity contribution in [3.63, 3.8) is 0 Å². The summed E-state index contributed by atoms with van der Waals surface area (Å²) in [5, 5.41) is 6.46. The van der Waals surface area contributed by atoms with E-state index >= 15 is 0 Å². The Balaban J connectivity index is 0. The standard InChI is InChI=1S/C17H37N5O3.HI/c1-17(2,3)25-16(23)22(6)13-10-20-15(18-4)19-9-12-21(5)11-8-14-24-7;/h8-14H2,1-7H3,(H2,18,19,20);1H. The van der Waals surface area contributed by atoms with Crippen LogP contribution in [0.4, 0.5) is 4.79 Å². The fourth-order valence-electron chi connectivity index (χ4n) is 1.95. The second-order valence-corrected chi connectivity index (χ2v) is 6.98. The molecule has 0 saturated heterocycles. The maximum atomic E-state index is 11.9. The number of ether oxygens (including phenoxy) is 2. The van der Waals surface area contributed by atoms with Crippen LogP contribution in [0.15, 0.2) is 4.99 Å². The number of halogens is 1. The largest absolute Gasteiger partial charge is 0.444 e. The molecule has 26 heavy (non-hydrogen) atoms. The maximum Gasteiger partial charge on any atom is 0.410 e. The predicted molar refractivity (Wildman–Crippen MR) is 118 cm³/mol. The number of likely N-dealkylation sites (N-methyl/N-ethyl adjacent to an activating group) is 2. The number of carbonyl (C=O) groups excluding carboxylic acids is 1. The molecule has 0 fully saturated rings. The van der Waals surface area contributed by atoms with Crippen molar-refractivity contribution in [2.75, 3.05) is 67.6 Å². The van der Waals surface area contributed by atoms with Crippen molar-refractivity contribution in [1.82, 2.24) is 20.4 Å². The summed E-state index contributed by atoms with van der Waals surface area (Å²) in [6.45, 7) is 10.2. The molecule has 0 atom stereocenters. The molecule has 2 N–H and O–H groups in total. The minimum absolute atomic E-state index is 0. The van der Waals surface area contributed by atoms with Crippen LogP contribution in [0.1, 0.15) is 27.2 Å². The minimum Gasteiger partial charge on any atom is -0.444 e. The highest BCUT2D eigenvalue weighted by Crippen LogP contribution is 2.08. The Morgan fingerprint density at radius 3 is 2.15 bits per heavy atom. The van der Waals surface area contributed by atoms with Crippen LogP contribution in [-0.2, 0) is 9.47 Å². The summed E-state index contributed by atoms with van der Waals surface area (Å²) in [5.74, 6) is 0.725. The maximum absolute atomic E-state index is 11.9. The Kier molecular flexibility index (Phi) is 16.1. The third kappa shape index (κ3) is 15.4. The van der Waals surface area contributed by atoms with E-state index in [9.17, 15) is 4.79 Å². The van der Waals surface area contributed by atoms with Crippen LogP contribution in [0.25, 0.3) is 0 Å². The van der Waals surface area contributed by atoms with E-state index in [0.717, 1.165) is 38.6 Å². The Hall–Kier alpha value is -0.810. The van der Waals surface area contributed by atoms with E-state index in [1.54, 1.807) is 26.1 Å². The lowest BCUT2D eigenvalue weighted by atomic mass is 10.2. The van der Waals surface area contributed by atoms with Crippen molar-refractivity contribution in [2.45, 2.75) is 32.8 Å². The molecule has 156 valence electrons. The molecule has 0 rings (SSSR count). The number of hydrogen-bond donors (Lipinski definition) is 2. The topological polar surface area (TPSA) is 78.4 Å². The van der Waals surface area contributed by atoms with E-state index in [1.165, 1.54) is 0 Å². The Morgan fingerprint density at radius 2 is 1.65 bits per heavy atom. The number of nitrogens with zero attached hydrogens (tertiary/aromatic N) is 3. The highest BCUT2D eigenvalue weighted by molar-refractivity contribution is 14.0. The van der Waals surface area contributed by atoms with Crippen molar-refractivity contribution in [3.8, 4) is 0 Å². The first-order valence-corrected chi connectivity index (χ1v) is 8.75. The molecule has 0 aliphatic rings. The van der Waals surface area contributed by atoms with Gasteiger partial charge in [0, 0.05) is 60.5 Å². The first-order chi connectivity index (χ1) is 11.7. The average Bonchev–Trinajstić information content (AvgIpc) is 2.51. The van der Waals surface area contributed by atoms with Gasteiger partial charge in [-0.25, -0.2) is 4.79 Å². The molecule has 0 aromatic carbocycles. The summed E-state index contributed by atoms with van der Waals surface area (Å²) in [6.07, 6.45) is 0.701. The summed E-state index contributed by atoms with van der Waals surface area (Å²) in [5.41, 5.74) is -0.481. The summed E-state index contributed by atoms with van der Waals surface area (Å²) < 4.78 is 10.4. The number of amides is 1. The van der Waals surface area contributed by atoms with E-state index in [4.69, 9.17) is 9.47 Å². The van der Waals surface area contributed by atoms with Crippen LogP contribution < -0.4 is 10.6 Å². The molecule has 0 bridgehead atoms. The number of rotatable bonds is 10. The Bertz CT molecular complexity index is 402. The van der Waals surface area contributed by atoms with Gasteiger partial charge in [-0.3, -0.25) is 4.99 Å². The SMILES string of the molecule is CN=C(NCCN(C)CCCOC)NCCN(C)C(=O)OC(C)(C)C.I. The quantitative estimate of drug-likeness (QED) is 0.211. The molecule has 8 nitrogen and oxygen atoms in total. The lowest BCUT2D eigenvalue weighted by molar-refractivity contribution is 0.0302. The van der Waals surface area contributed by atoms with Gasteiger partial charge >= 0.3 is 6.09 Å². The van der Waals surface area contributed by atoms with Crippen LogP contribution in [0.3, 0.4) is 0 Å². The van der Waals surface area contributed by atoms with Crippen molar-refractivity contribution in [1.29, 1.82) is 0 Å². The van der Waals surface area contributed by atoms with Gasteiger partial charge in [-0.1, -0.05) is 0 Å². The van der Waals surface area contributed by atoms with Gasteiger partial charge in [0.2, 0.25) is 0 Å².